The van der Waals surface area contributed by atoms with Crippen LogP contribution in [-0.4, -0.2) is 60.4 Å². The van der Waals surface area contributed by atoms with Crippen LogP contribution in [0.4, 0.5) is 0 Å². The van der Waals surface area contributed by atoms with E-state index in [0.29, 0.717) is 12.3 Å². The number of hydrogen-bond donors (Lipinski definition) is 1. The van der Waals surface area contributed by atoms with Crippen molar-refractivity contribution in [2.45, 2.75) is 51.5 Å². The van der Waals surface area contributed by atoms with E-state index in [0.717, 1.165) is 51.5 Å². The molecule has 5 nitrogen and oxygen atoms in total. The van der Waals surface area contributed by atoms with Gasteiger partial charge in [0, 0.05) is 32.7 Å². The van der Waals surface area contributed by atoms with Crippen molar-refractivity contribution >= 4 is 11.8 Å². The van der Waals surface area contributed by atoms with Crippen LogP contribution >= 0.6 is 0 Å². The molecule has 0 radical (unpaired) electrons. The molecule has 2 saturated heterocycles. The van der Waals surface area contributed by atoms with Gasteiger partial charge in [-0.05, 0) is 37.5 Å². The predicted molar refractivity (Wildman–Crippen MR) is 85.3 cm³/mol. The minimum Gasteiger partial charge on any atom is -0.343 e. The maximum atomic E-state index is 12.6. The summed E-state index contributed by atoms with van der Waals surface area (Å²) in [4.78, 5) is 28.9. The van der Waals surface area contributed by atoms with Gasteiger partial charge in [-0.15, -0.1) is 0 Å². The smallest absolute Gasteiger partial charge is 0.240 e. The summed E-state index contributed by atoms with van der Waals surface area (Å²) in [5.74, 6) is 1.69. The van der Waals surface area contributed by atoms with Gasteiger partial charge in [0.1, 0.15) is 0 Å². The number of nitrogens with one attached hydrogen (secondary N) is 1. The monoisotopic (exact) mass is 307 g/mol. The average molecular weight is 307 g/mol. The van der Waals surface area contributed by atoms with Gasteiger partial charge in [-0.2, -0.15) is 0 Å². The molecule has 0 aromatic carbocycles. The Balaban J connectivity index is 1.50. The Kier molecular flexibility index (Phi) is 5.01. The highest BCUT2D eigenvalue weighted by molar-refractivity contribution is 5.89. The van der Waals surface area contributed by atoms with Crippen molar-refractivity contribution in [3.05, 3.63) is 0 Å². The molecule has 2 heterocycles. The van der Waals surface area contributed by atoms with Gasteiger partial charge in [0.15, 0.2) is 0 Å². The van der Waals surface area contributed by atoms with E-state index in [2.05, 4.69) is 12.2 Å². The maximum Gasteiger partial charge on any atom is 0.240 e. The molecule has 2 amide bonds. The van der Waals surface area contributed by atoms with E-state index in [4.69, 9.17) is 0 Å². The Morgan fingerprint density at radius 3 is 2.55 bits per heavy atom. The van der Waals surface area contributed by atoms with Crippen LogP contribution in [0.25, 0.3) is 0 Å². The highest BCUT2D eigenvalue weighted by Gasteiger charge is 2.33. The number of amides is 2. The second-order valence-corrected chi connectivity index (χ2v) is 7.36. The quantitative estimate of drug-likeness (QED) is 0.850. The zero-order valence-corrected chi connectivity index (χ0v) is 13.7. The van der Waals surface area contributed by atoms with Gasteiger partial charge < -0.3 is 15.1 Å². The molecule has 5 heteroatoms. The topological polar surface area (TPSA) is 52.7 Å². The summed E-state index contributed by atoms with van der Waals surface area (Å²) in [6, 6.07) is -0.305. The number of carbonyl (C=O) groups is 2. The average Bonchev–Trinajstić information content (AvgIpc) is 2.47. The third-order valence-electron chi connectivity index (χ3n) is 5.60. The molecule has 1 unspecified atom stereocenters. The van der Waals surface area contributed by atoms with Crippen molar-refractivity contribution in [2.24, 2.45) is 11.8 Å². The van der Waals surface area contributed by atoms with Crippen LogP contribution in [-0.2, 0) is 9.59 Å². The van der Waals surface area contributed by atoms with Gasteiger partial charge in [-0.1, -0.05) is 13.3 Å². The molecular formula is C17H29N3O2. The van der Waals surface area contributed by atoms with Crippen LogP contribution in [0.5, 0.6) is 0 Å². The molecule has 1 N–H and O–H groups in total. The van der Waals surface area contributed by atoms with Crippen LogP contribution in [0.3, 0.4) is 0 Å². The molecule has 3 aliphatic rings. The fourth-order valence-corrected chi connectivity index (χ4v) is 3.68. The molecule has 124 valence electrons. The summed E-state index contributed by atoms with van der Waals surface area (Å²) in [5.41, 5.74) is 0. The number of hydrogen-bond acceptors (Lipinski definition) is 3. The summed E-state index contributed by atoms with van der Waals surface area (Å²) >= 11 is 0. The molecule has 3 fully saturated rings. The molecule has 0 spiro atoms. The molecular weight excluding hydrogens is 278 g/mol. The Labute approximate surface area is 133 Å². The van der Waals surface area contributed by atoms with Crippen LogP contribution < -0.4 is 5.32 Å². The van der Waals surface area contributed by atoms with E-state index in [1.54, 1.807) is 0 Å². The molecule has 1 saturated carbocycles. The second kappa shape index (κ2) is 6.99. The van der Waals surface area contributed by atoms with Crippen LogP contribution in [0.15, 0.2) is 0 Å². The molecule has 0 aromatic rings. The fraction of sp³-hybridized carbons (Fsp3) is 0.882. The molecule has 0 aromatic heterocycles. The Hall–Kier alpha value is -1.10. The van der Waals surface area contributed by atoms with E-state index < -0.39 is 0 Å². The van der Waals surface area contributed by atoms with Crippen molar-refractivity contribution in [3.8, 4) is 0 Å². The molecule has 22 heavy (non-hydrogen) atoms. The second-order valence-electron chi connectivity index (χ2n) is 7.36. The first-order chi connectivity index (χ1) is 10.6. The largest absolute Gasteiger partial charge is 0.343 e. The first kappa shape index (κ1) is 15.8. The molecule has 3 rings (SSSR count). The number of likely N-dealkylation sites (tertiary alicyclic amines) is 1. The third kappa shape index (κ3) is 3.62. The molecule has 1 aliphatic carbocycles. The Morgan fingerprint density at radius 1 is 1.18 bits per heavy atom. The van der Waals surface area contributed by atoms with E-state index in [1.165, 1.54) is 19.3 Å². The lowest BCUT2D eigenvalue weighted by Gasteiger charge is -2.38. The summed E-state index contributed by atoms with van der Waals surface area (Å²) < 4.78 is 0. The van der Waals surface area contributed by atoms with Crippen molar-refractivity contribution in [1.29, 1.82) is 0 Å². The summed E-state index contributed by atoms with van der Waals surface area (Å²) in [5, 5.41) is 3.25. The van der Waals surface area contributed by atoms with E-state index in [-0.39, 0.29) is 17.9 Å². The first-order valence-corrected chi connectivity index (χ1v) is 8.93. The molecule has 1 atom stereocenters. The number of rotatable bonds is 4. The number of piperazine rings is 1. The van der Waals surface area contributed by atoms with Crippen molar-refractivity contribution in [1.82, 2.24) is 15.1 Å². The SMILES string of the molecule is CC1CCN(C(=O)CC2NCCN(CC3CCC3)C2=O)CC1. The van der Waals surface area contributed by atoms with Gasteiger partial charge in [0.2, 0.25) is 11.8 Å². The maximum absolute atomic E-state index is 12.6. The zero-order valence-electron chi connectivity index (χ0n) is 13.7. The normalized spacial score (nSPS) is 27.9. The van der Waals surface area contributed by atoms with Crippen molar-refractivity contribution in [2.75, 3.05) is 32.7 Å². The number of nitrogens with zero attached hydrogens (tertiary/aromatic N) is 2. The lowest BCUT2D eigenvalue weighted by molar-refractivity contribution is -0.142. The van der Waals surface area contributed by atoms with Gasteiger partial charge in [-0.3, -0.25) is 9.59 Å². The minimum absolute atomic E-state index is 0.136. The highest BCUT2D eigenvalue weighted by Crippen LogP contribution is 2.27. The third-order valence-corrected chi connectivity index (χ3v) is 5.60. The lowest BCUT2D eigenvalue weighted by Crippen LogP contribution is -2.57. The van der Waals surface area contributed by atoms with Crippen molar-refractivity contribution < 1.29 is 9.59 Å². The van der Waals surface area contributed by atoms with Crippen LogP contribution in [0, 0.1) is 11.8 Å². The Bertz CT molecular complexity index is 414. The van der Waals surface area contributed by atoms with Crippen LogP contribution in [0.1, 0.15) is 45.4 Å². The predicted octanol–water partition coefficient (Wildman–Crippen LogP) is 1.24. The standard InChI is InChI=1S/C17H29N3O2/c1-13-5-8-19(9-6-13)16(21)11-15-17(22)20(10-7-18-15)12-14-3-2-4-14/h13-15,18H,2-12H2,1H3. The minimum atomic E-state index is -0.305. The van der Waals surface area contributed by atoms with Gasteiger partial charge in [-0.25, -0.2) is 0 Å². The van der Waals surface area contributed by atoms with Gasteiger partial charge in [0.05, 0.1) is 12.5 Å². The number of piperidine rings is 1. The molecule has 0 bridgehead atoms. The zero-order chi connectivity index (χ0) is 15.5. The van der Waals surface area contributed by atoms with Gasteiger partial charge >= 0.3 is 0 Å². The lowest BCUT2D eigenvalue weighted by atomic mass is 9.85. The summed E-state index contributed by atoms with van der Waals surface area (Å²) in [7, 11) is 0. The summed E-state index contributed by atoms with van der Waals surface area (Å²) in [6.07, 6.45) is 6.32. The van der Waals surface area contributed by atoms with E-state index in [9.17, 15) is 9.59 Å². The Morgan fingerprint density at radius 2 is 1.91 bits per heavy atom. The van der Waals surface area contributed by atoms with Crippen molar-refractivity contribution in [3.63, 3.8) is 0 Å². The first-order valence-electron chi connectivity index (χ1n) is 8.93. The molecule has 2 aliphatic heterocycles. The fourth-order valence-electron chi connectivity index (χ4n) is 3.68. The number of carbonyl (C=O) groups excluding carboxylic acids is 2. The van der Waals surface area contributed by atoms with Crippen LogP contribution in [0.2, 0.25) is 0 Å². The van der Waals surface area contributed by atoms with E-state index >= 15 is 0 Å². The summed E-state index contributed by atoms with van der Waals surface area (Å²) in [6.45, 7) is 6.45. The van der Waals surface area contributed by atoms with E-state index in [1.807, 2.05) is 9.80 Å². The van der Waals surface area contributed by atoms with Gasteiger partial charge in [0.25, 0.3) is 0 Å². The highest BCUT2D eigenvalue weighted by atomic mass is 16.2.